The van der Waals surface area contributed by atoms with E-state index >= 15 is 0 Å². The summed E-state index contributed by atoms with van der Waals surface area (Å²) in [4.78, 5) is 14.1. The quantitative estimate of drug-likeness (QED) is 0.671. The van der Waals surface area contributed by atoms with Crippen molar-refractivity contribution in [1.82, 2.24) is 0 Å². The van der Waals surface area contributed by atoms with Crippen LogP contribution in [-0.2, 0) is 10.3 Å². The number of rotatable bonds is 2. The molecule has 84 valence electrons. The lowest BCUT2D eigenvalue weighted by atomic mass is 9.72. The van der Waals surface area contributed by atoms with Gasteiger partial charge < -0.3 is 5.11 Å². The second kappa shape index (κ2) is 4.00. The molecule has 0 spiro atoms. The van der Waals surface area contributed by atoms with E-state index in [1.54, 1.807) is 6.07 Å². The molecule has 2 rings (SSSR count). The van der Waals surface area contributed by atoms with Crippen molar-refractivity contribution in [1.29, 1.82) is 0 Å². The van der Waals surface area contributed by atoms with Crippen LogP contribution in [0.4, 0.5) is 4.39 Å². The molecule has 0 bridgehead atoms. The van der Waals surface area contributed by atoms with Gasteiger partial charge in [-0.3, -0.25) is 0 Å². The van der Waals surface area contributed by atoms with E-state index in [2.05, 4.69) is 20.9 Å². The SMILES string of the molecule is O=C=NC1(c2cc(Br)cc(F)c2O)CCC1. The van der Waals surface area contributed by atoms with Gasteiger partial charge in [-0.15, -0.1) is 0 Å². The Kier molecular flexibility index (Phi) is 2.82. The summed E-state index contributed by atoms with van der Waals surface area (Å²) in [6.07, 6.45) is 3.66. The molecular weight excluding hydrogens is 277 g/mol. The molecule has 0 amide bonds. The van der Waals surface area contributed by atoms with Gasteiger partial charge >= 0.3 is 0 Å². The molecule has 1 N–H and O–H groups in total. The van der Waals surface area contributed by atoms with Crippen LogP contribution in [0.25, 0.3) is 0 Å². The van der Waals surface area contributed by atoms with Crippen molar-refractivity contribution in [3.05, 3.63) is 28.0 Å². The lowest BCUT2D eigenvalue weighted by Gasteiger charge is -2.37. The Hall–Kier alpha value is -1.19. The first-order valence-electron chi connectivity index (χ1n) is 4.86. The van der Waals surface area contributed by atoms with E-state index < -0.39 is 17.1 Å². The zero-order chi connectivity index (χ0) is 11.8. The van der Waals surface area contributed by atoms with Crippen LogP contribution in [0.1, 0.15) is 24.8 Å². The van der Waals surface area contributed by atoms with Crippen LogP contribution in [0.15, 0.2) is 21.6 Å². The first-order chi connectivity index (χ1) is 7.59. The third-order valence-corrected chi connectivity index (χ3v) is 3.43. The van der Waals surface area contributed by atoms with Gasteiger partial charge in [0.1, 0.15) is 5.54 Å². The van der Waals surface area contributed by atoms with Crippen molar-refractivity contribution in [2.24, 2.45) is 4.99 Å². The molecule has 0 radical (unpaired) electrons. The number of phenolic OH excluding ortho intramolecular Hbond substituents is 1. The van der Waals surface area contributed by atoms with E-state index in [-0.39, 0.29) is 0 Å². The summed E-state index contributed by atoms with van der Waals surface area (Å²) in [5, 5.41) is 9.66. The number of nitrogens with zero attached hydrogens (tertiary/aromatic N) is 1. The summed E-state index contributed by atoms with van der Waals surface area (Å²) in [5.74, 6) is -1.14. The van der Waals surface area contributed by atoms with E-state index in [0.29, 0.717) is 22.9 Å². The smallest absolute Gasteiger partial charge is 0.235 e. The zero-order valence-electron chi connectivity index (χ0n) is 8.33. The number of hydrogen-bond donors (Lipinski definition) is 1. The predicted octanol–water partition coefficient (Wildman–Crippen LogP) is 3.01. The minimum Gasteiger partial charge on any atom is -0.505 e. The summed E-state index contributed by atoms with van der Waals surface area (Å²) >= 11 is 3.15. The molecule has 1 aliphatic carbocycles. The number of phenols is 1. The minimum absolute atomic E-state index is 0.356. The van der Waals surface area contributed by atoms with Crippen molar-refractivity contribution >= 4 is 22.0 Å². The van der Waals surface area contributed by atoms with Gasteiger partial charge in [-0.2, -0.15) is 4.99 Å². The highest BCUT2D eigenvalue weighted by Gasteiger charge is 2.41. The number of hydrogen-bond acceptors (Lipinski definition) is 3. The van der Waals surface area contributed by atoms with Crippen molar-refractivity contribution in [3.8, 4) is 5.75 Å². The van der Waals surface area contributed by atoms with Crippen LogP contribution in [0.3, 0.4) is 0 Å². The van der Waals surface area contributed by atoms with Gasteiger partial charge in [-0.1, -0.05) is 15.9 Å². The topological polar surface area (TPSA) is 49.7 Å². The third-order valence-electron chi connectivity index (χ3n) is 2.97. The molecule has 0 atom stereocenters. The molecule has 1 aliphatic rings. The monoisotopic (exact) mass is 285 g/mol. The lowest BCUT2D eigenvalue weighted by Crippen LogP contribution is -2.32. The second-order valence-corrected chi connectivity index (χ2v) is 4.79. The van der Waals surface area contributed by atoms with Crippen LogP contribution in [0.5, 0.6) is 5.75 Å². The van der Waals surface area contributed by atoms with Crippen molar-refractivity contribution in [2.75, 3.05) is 0 Å². The van der Waals surface area contributed by atoms with Crippen molar-refractivity contribution in [2.45, 2.75) is 24.8 Å². The molecule has 0 heterocycles. The number of halogens is 2. The first-order valence-corrected chi connectivity index (χ1v) is 5.66. The van der Waals surface area contributed by atoms with Gasteiger partial charge in [0.05, 0.1) is 0 Å². The van der Waals surface area contributed by atoms with E-state index in [0.717, 1.165) is 6.42 Å². The number of benzene rings is 1. The Morgan fingerprint density at radius 1 is 1.50 bits per heavy atom. The zero-order valence-corrected chi connectivity index (χ0v) is 9.92. The van der Waals surface area contributed by atoms with Gasteiger partial charge in [-0.05, 0) is 31.4 Å². The second-order valence-electron chi connectivity index (χ2n) is 3.87. The predicted molar refractivity (Wildman–Crippen MR) is 59.4 cm³/mol. The van der Waals surface area contributed by atoms with E-state index in [1.165, 1.54) is 12.1 Å². The molecule has 16 heavy (non-hydrogen) atoms. The maximum atomic E-state index is 13.4. The van der Waals surface area contributed by atoms with E-state index in [9.17, 15) is 14.3 Å². The third kappa shape index (κ3) is 1.66. The molecular formula is C11H9BrFNO2. The average molecular weight is 286 g/mol. The molecule has 1 saturated carbocycles. The maximum absolute atomic E-state index is 13.4. The fraction of sp³-hybridized carbons (Fsp3) is 0.364. The Morgan fingerprint density at radius 3 is 2.69 bits per heavy atom. The highest BCUT2D eigenvalue weighted by Crippen LogP contribution is 2.49. The highest BCUT2D eigenvalue weighted by molar-refractivity contribution is 9.10. The fourth-order valence-electron chi connectivity index (χ4n) is 1.96. The van der Waals surface area contributed by atoms with E-state index in [4.69, 9.17) is 0 Å². The van der Waals surface area contributed by atoms with Crippen LogP contribution < -0.4 is 0 Å². The van der Waals surface area contributed by atoms with Crippen molar-refractivity contribution < 1.29 is 14.3 Å². The Bertz CT molecular complexity index is 479. The first kappa shape index (κ1) is 11.3. The maximum Gasteiger partial charge on any atom is 0.235 e. The molecule has 5 heteroatoms. The van der Waals surface area contributed by atoms with Crippen LogP contribution >= 0.6 is 15.9 Å². The van der Waals surface area contributed by atoms with Gasteiger partial charge in [0.15, 0.2) is 11.6 Å². The molecule has 0 unspecified atom stereocenters. The highest BCUT2D eigenvalue weighted by atomic mass is 79.9. The molecule has 3 nitrogen and oxygen atoms in total. The standard InChI is InChI=1S/C11H9BrFNO2/c12-7-4-8(10(16)9(13)5-7)11(14-6-15)2-1-3-11/h4-5,16H,1-3H2. The summed E-state index contributed by atoms with van der Waals surface area (Å²) in [6.45, 7) is 0. The number of aliphatic imine (C=N–C) groups is 1. The van der Waals surface area contributed by atoms with E-state index in [1.807, 2.05) is 0 Å². The Morgan fingerprint density at radius 2 is 2.19 bits per heavy atom. The minimum atomic E-state index is -0.781. The largest absolute Gasteiger partial charge is 0.505 e. The molecule has 0 saturated heterocycles. The van der Waals surface area contributed by atoms with Gasteiger partial charge in [0.2, 0.25) is 6.08 Å². The number of isocyanates is 1. The summed E-state index contributed by atoms with van der Waals surface area (Å²) < 4.78 is 13.9. The lowest BCUT2D eigenvalue weighted by molar-refractivity contribution is 0.245. The number of carbonyl (C=O) groups excluding carboxylic acids is 1. The summed E-state index contributed by atoms with van der Waals surface area (Å²) in [5.41, 5.74) is -0.426. The van der Waals surface area contributed by atoms with Crippen LogP contribution in [-0.4, -0.2) is 11.2 Å². The Balaban J connectivity index is 2.58. The average Bonchev–Trinajstić information content (AvgIpc) is 2.17. The molecule has 0 aromatic heterocycles. The van der Waals surface area contributed by atoms with Crippen LogP contribution in [0.2, 0.25) is 0 Å². The number of aromatic hydroxyl groups is 1. The molecule has 1 aromatic rings. The fourth-order valence-corrected chi connectivity index (χ4v) is 2.39. The molecule has 0 aliphatic heterocycles. The van der Waals surface area contributed by atoms with Gasteiger partial charge in [0.25, 0.3) is 0 Å². The van der Waals surface area contributed by atoms with Crippen molar-refractivity contribution in [3.63, 3.8) is 0 Å². The van der Waals surface area contributed by atoms with Gasteiger partial charge in [0, 0.05) is 10.0 Å². The normalized spacial score (nSPS) is 17.4. The molecule has 1 fully saturated rings. The van der Waals surface area contributed by atoms with Crippen LogP contribution in [0, 0.1) is 5.82 Å². The molecule has 1 aromatic carbocycles. The summed E-state index contributed by atoms with van der Waals surface area (Å²) in [7, 11) is 0. The Labute approximate surface area is 100 Å². The summed E-state index contributed by atoms with van der Waals surface area (Å²) in [6, 6.07) is 2.77. The van der Waals surface area contributed by atoms with Gasteiger partial charge in [-0.25, -0.2) is 9.18 Å².